The van der Waals surface area contributed by atoms with E-state index < -0.39 is 16.6 Å². The number of hydrogen-bond acceptors (Lipinski definition) is 10. The Labute approximate surface area is 279 Å². The average molecular weight is 670 g/mol. The van der Waals surface area contributed by atoms with Crippen molar-refractivity contribution < 1.29 is 18.5 Å². The second kappa shape index (κ2) is 14.4. The zero-order chi connectivity index (χ0) is 33.0. The summed E-state index contributed by atoms with van der Waals surface area (Å²) in [4.78, 5) is 26.1. The number of ether oxygens (including phenoxy) is 2. The molecule has 2 fully saturated rings. The highest BCUT2D eigenvalue weighted by atomic mass is 35.5. The molecule has 0 bridgehead atoms. The van der Waals surface area contributed by atoms with E-state index in [1.54, 1.807) is 24.7 Å². The molecule has 0 spiro atoms. The standard InChI is InChI=1S/C33H44ClN7O4S/c1-33(2,3)45-31(42)23-20-40(21-23)19-22-13-15-41(16-14-22)24-11-12-27(29(17-24)44-5)37-32-35-18-25(34)30(38-32)36-26-9-7-8-10-28(26)39(4)46(6)43/h7-12,17-18,22-23H,13-16,19-21H2,1-6H3,(H2,35,36,37,38). The number of esters is 1. The fraction of sp³-hybridized carbons (Fsp3) is 0.485. The van der Waals surface area contributed by atoms with Gasteiger partial charge in [0.1, 0.15) is 27.4 Å². The van der Waals surface area contributed by atoms with E-state index in [0.29, 0.717) is 34.1 Å². The Hall–Kier alpha value is -3.61. The van der Waals surface area contributed by atoms with Gasteiger partial charge in [-0.2, -0.15) is 4.98 Å². The SMILES string of the molecule is COc1cc(N2CCC(CN3CC(C(=O)OC(C)(C)C)C3)CC2)ccc1Nc1ncc(Cl)c(Nc2ccccc2N(C)S(C)=O)n1. The van der Waals surface area contributed by atoms with Gasteiger partial charge in [0.05, 0.1) is 36.3 Å². The number of carbonyl (C=O) groups is 1. The molecule has 2 aromatic carbocycles. The van der Waals surface area contributed by atoms with Gasteiger partial charge in [-0.25, -0.2) is 9.19 Å². The number of piperidine rings is 1. The van der Waals surface area contributed by atoms with Crippen molar-refractivity contribution in [3.63, 3.8) is 0 Å². The van der Waals surface area contributed by atoms with Crippen LogP contribution in [-0.2, 0) is 20.5 Å². The number of aromatic nitrogens is 2. The van der Waals surface area contributed by atoms with Crippen molar-refractivity contribution in [1.29, 1.82) is 0 Å². The van der Waals surface area contributed by atoms with Crippen molar-refractivity contribution in [1.82, 2.24) is 14.9 Å². The largest absolute Gasteiger partial charge is 0.494 e. The summed E-state index contributed by atoms with van der Waals surface area (Å²) < 4.78 is 25.1. The summed E-state index contributed by atoms with van der Waals surface area (Å²) in [7, 11) is 2.21. The Bertz CT molecular complexity index is 1560. The second-order valence-corrected chi connectivity index (χ2v) is 14.6. The molecule has 2 aliphatic heterocycles. The number of likely N-dealkylation sites (tertiary alicyclic amines) is 1. The highest BCUT2D eigenvalue weighted by Gasteiger charge is 2.37. The van der Waals surface area contributed by atoms with Crippen LogP contribution in [0.25, 0.3) is 0 Å². The lowest BCUT2D eigenvalue weighted by molar-refractivity contribution is -0.166. The molecule has 13 heteroatoms. The molecule has 0 aliphatic carbocycles. The first-order chi connectivity index (χ1) is 21.9. The van der Waals surface area contributed by atoms with E-state index in [4.69, 9.17) is 21.1 Å². The van der Waals surface area contributed by atoms with Crippen LogP contribution in [0.3, 0.4) is 0 Å². The summed E-state index contributed by atoms with van der Waals surface area (Å²) in [5, 5.41) is 6.88. The summed E-state index contributed by atoms with van der Waals surface area (Å²) >= 11 is 6.46. The molecular formula is C33H44ClN7O4S. The molecule has 3 heterocycles. The maximum Gasteiger partial charge on any atom is 0.312 e. The molecule has 0 radical (unpaired) electrons. The van der Waals surface area contributed by atoms with E-state index in [1.165, 1.54) is 6.20 Å². The predicted octanol–water partition coefficient (Wildman–Crippen LogP) is 5.85. The van der Waals surface area contributed by atoms with Gasteiger partial charge < -0.3 is 29.9 Å². The maximum atomic E-state index is 12.3. The Morgan fingerprint density at radius 3 is 2.50 bits per heavy atom. The molecule has 1 aromatic heterocycles. The number of nitrogens with zero attached hydrogens (tertiary/aromatic N) is 5. The zero-order valence-corrected chi connectivity index (χ0v) is 29.0. The lowest BCUT2D eigenvalue weighted by Gasteiger charge is -2.42. The molecule has 11 nitrogen and oxygen atoms in total. The third kappa shape index (κ3) is 8.40. The molecule has 5 rings (SSSR count). The summed E-state index contributed by atoms with van der Waals surface area (Å²) in [6, 6.07) is 13.6. The van der Waals surface area contributed by atoms with E-state index in [2.05, 4.69) is 36.5 Å². The first-order valence-corrected chi connectivity index (χ1v) is 17.4. The van der Waals surface area contributed by atoms with Gasteiger partial charge in [-0.3, -0.25) is 9.10 Å². The lowest BCUT2D eigenvalue weighted by Crippen LogP contribution is -2.53. The lowest BCUT2D eigenvalue weighted by atomic mass is 9.92. The van der Waals surface area contributed by atoms with Gasteiger partial charge >= 0.3 is 5.97 Å². The van der Waals surface area contributed by atoms with Crippen molar-refractivity contribution >= 4 is 63.1 Å². The van der Waals surface area contributed by atoms with Crippen LogP contribution < -0.4 is 24.6 Å². The molecule has 1 atom stereocenters. The van der Waals surface area contributed by atoms with Gasteiger partial charge in [0.2, 0.25) is 5.95 Å². The molecule has 3 aromatic rings. The minimum atomic E-state index is -1.20. The Balaban J connectivity index is 1.17. The zero-order valence-electron chi connectivity index (χ0n) is 27.4. The van der Waals surface area contributed by atoms with Crippen LogP contribution >= 0.6 is 11.6 Å². The number of para-hydroxylation sites is 2. The molecular weight excluding hydrogens is 626 g/mol. The van der Waals surface area contributed by atoms with Gasteiger partial charge in [0.15, 0.2) is 5.82 Å². The Kier molecular flexibility index (Phi) is 10.6. The molecule has 2 saturated heterocycles. The van der Waals surface area contributed by atoms with Crippen LogP contribution in [-0.4, -0.2) is 83.8 Å². The number of carbonyl (C=O) groups excluding carboxylic acids is 1. The molecule has 2 N–H and O–H groups in total. The van der Waals surface area contributed by atoms with Crippen LogP contribution in [0.15, 0.2) is 48.7 Å². The van der Waals surface area contributed by atoms with Crippen LogP contribution in [0.2, 0.25) is 5.02 Å². The highest BCUT2D eigenvalue weighted by molar-refractivity contribution is 7.85. The minimum Gasteiger partial charge on any atom is -0.494 e. The van der Waals surface area contributed by atoms with Crippen molar-refractivity contribution in [3.05, 3.63) is 53.7 Å². The number of nitrogens with one attached hydrogen (secondary N) is 2. The van der Waals surface area contributed by atoms with Crippen molar-refractivity contribution in [2.24, 2.45) is 11.8 Å². The Morgan fingerprint density at radius 1 is 1.11 bits per heavy atom. The highest BCUT2D eigenvalue weighted by Crippen LogP contribution is 2.35. The number of anilines is 6. The third-order valence-electron chi connectivity index (χ3n) is 8.25. The molecule has 0 amide bonds. The molecule has 0 saturated carbocycles. The monoisotopic (exact) mass is 669 g/mol. The van der Waals surface area contributed by atoms with Crippen molar-refractivity contribution in [2.75, 3.05) is 73.0 Å². The van der Waals surface area contributed by atoms with Crippen LogP contribution in [0.1, 0.15) is 33.6 Å². The van der Waals surface area contributed by atoms with Gasteiger partial charge in [-0.05, 0) is 63.8 Å². The third-order valence-corrected chi connectivity index (χ3v) is 9.50. The summed E-state index contributed by atoms with van der Waals surface area (Å²) in [5.74, 6) is 1.98. The normalized spacial score (nSPS) is 16.8. The first kappa shape index (κ1) is 33.7. The van der Waals surface area contributed by atoms with E-state index in [1.807, 2.05) is 57.2 Å². The number of halogens is 1. The van der Waals surface area contributed by atoms with Gasteiger partial charge in [0.25, 0.3) is 0 Å². The summed E-state index contributed by atoms with van der Waals surface area (Å²) in [6.45, 7) is 10.3. The van der Waals surface area contributed by atoms with E-state index in [0.717, 1.165) is 62.6 Å². The average Bonchev–Trinajstić information content (AvgIpc) is 3.00. The fourth-order valence-corrected chi connectivity index (χ4v) is 6.30. The number of rotatable bonds is 11. The van der Waals surface area contributed by atoms with E-state index in [-0.39, 0.29) is 11.9 Å². The number of benzene rings is 2. The van der Waals surface area contributed by atoms with Crippen LogP contribution in [0.5, 0.6) is 5.75 Å². The smallest absolute Gasteiger partial charge is 0.312 e. The topological polar surface area (TPSA) is 112 Å². The fourth-order valence-electron chi connectivity index (χ4n) is 5.73. The number of methoxy groups -OCH3 is 1. The quantitative estimate of drug-likeness (QED) is 0.241. The van der Waals surface area contributed by atoms with Gasteiger partial charge in [-0.15, -0.1) is 0 Å². The molecule has 248 valence electrons. The van der Waals surface area contributed by atoms with Crippen molar-refractivity contribution in [2.45, 2.75) is 39.2 Å². The van der Waals surface area contributed by atoms with Crippen molar-refractivity contribution in [3.8, 4) is 5.75 Å². The molecule has 46 heavy (non-hydrogen) atoms. The summed E-state index contributed by atoms with van der Waals surface area (Å²) in [6.07, 6.45) is 5.34. The molecule has 1 unspecified atom stereocenters. The van der Waals surface area contributed by atoms with E-state index >= 15 is 0 Å². The first-order valence-electron chi connectivity index (χ1n) is 15.5. The summed E-state index contributed by atoms with van der Waals surface area (Å²) in [5.41, 5.74) is 2.86. The number of hydrogen-bond donors (Lipinski definition) is 2. The van der Waals surface area contributed by atoms with Gasteiger partial charge in [-0.1, -0.05) is 23.7 Å². The predicted molar refractivity (Wildman–Crippen MR) is 186 cm³/mol. The molecule has 2 aliphatic rings. The Morgan fingerprint density at radius 2 is 1.83 bits per heavy atom. The van der Waals surface area contributed by atoms with Gasteiger partial charge in [0, 0.05) is 57.8 Å². The maximum absolute atomic E-state index is 12.3. The van der Waals surface area contributed by atoms with Crippen LogP contribution in [0, 0.1) is 11.8 Å². The minimum absolute atomic E-state index is 0.00223. The van der Waals surface area contributed by atoms with Crippen LogP contribution in [0.4, 0.5) is 34.5 Å². The van der Waals surface area contributed by atoms with E-state index in [9.17, 15) is 9.00 Å². The second-order valence-electron chi connectivity index (χ2n) is 12.8.